The lowest BCUT2D eigenvalue weighted by molar-refractivity contribution is -0.148. The number of carbonyl (C=O) groups is 5. The van der Waals surface area contributed by atoms with Gasteiger partial charge in [-0.25, -0.2) is 4.79 Å². The second-order valence-electron chi connectivity index (χ2n) is 10.8. The number of esters is 5. The molecule has 3 aromatic carbocycles. The zero-order valence-corrected chi connectivity index (χ0v) is 27.8. The average Bonchev–Trinajstić information content (AvgIpc) is 3.38. The third-order valence-electron chi connectivity index (χ3n) is 7.54. The van der Waals surface area contributed by atoms with Crippen molar-refractivity contribution in [3.63, 3.8) is 0 Å². The smallest absolute Gasteiger partial charge is 0.340 e. The van der Waals surface area contributed by atoms with Gasteiger partial charge in [0.15, 0.2) is 5.60 Å². The standard InChI is InChI=1S/C35H31NO13S/c1-42-13-15-44-30(37)9-11-32(39)46-22-4-7-26-28(18-22)48-29-19-23(47-33(40)12-10-31(38)45-16-14-43-2)5-8-27(29)35(26)25-6-3-21(36-20-50)17-24(25)34(41)49-35/h3-8,17-19H,9-16H2,1-2H3. The van der Waals surface area contributed by atoms with Crippen molar-refractivity contribution in [1.29, 1.82) is 0 Å². The Morgan fingerprint density at radius 3 is 1.70 bits per heavy atom. The molecule has 0 fully saturated rings. The SMILES string of the molecule is COCCOC(=O)CCC(=O)Oc1ccc2c(c1)Oc1cc(OC(=O)CCC(=O)OCCOC)ccc1C21OC(=O)c2cc(N=C=S)ccc21. The first-order chi connectivity index (χ1) is 24.2. The molecule has 3 aromatic rings. The molecule has 260 valence electrons. The second-order valence-corrected chi connectivity index (χ2v) is 11.0. The Hall–Kier alpha value is -5.47. The molecule has 0 amide bonds. The Bertz CT molecular complexity index is 1780. The first-order valence-corrected chi connectivity index (χ1v) is 15.7. The average molecular weight is 706 g/mol. The van der Waals surface area contributed by atoms with Gasteiger partial charge in [-0.05, 0) is 48.6 Å². The van der Waals surface area contributed by atoms with Crippen LogP contribution in [0, 0.1) is 0 Å². The van der Waals surface area contributed by atoms with Crippen LogP contribution in [0.25, 0.3) is 0 Å². The summed E-state index contributed by atoms with van der Waals surface area (Å²) in [5.41, 5.74) is 0.428. The summed E-state index contributed by atoms with van der Waals surface area (Å²) in [5.74, 6) is -2.65. The van der Waals surface area contributed by atoms with Crippen molar-refractivity contribution in [3.05, 3.63) is 76.9 Å². The number of nitrogens with zero attached hydrogens (tertiary/aromatic N) is 1. The van der Waals surface area contributed by atoms with E-state index in [2.05, 4.69) is 10.2 Å². The first kappa shape index (κ1) is 35.8. The van der Waals surface area contributed by atoms with Crippen molar-refractivity contribution in [2.24, 2.45) is 4.99 Å². The van der Waals surface area contributed by atoms with E-state index in [4.69, 9.17) is 50.1 Å². The van der Waals surface area contributed by atoms with E-state index in [9.17, 15) is 24.0 Å². The molecule has 0 atom stereocenters. The number of benzene rings is 3. The fraction of sp³-hybridized carbons (Fsp3) is 0.314. The number of aliphatic imine (C=N–C) groups is 1. The monoisotopic (exact) mass is 705 g/mol. The number of methoxy groups -OCH3 is 2. The zero-order chi connectivity index (χ0) is 35.7. The zero-order valence-electron chi connectivity index (χ0n) is 27.0. The Balaban J connectivity index is 1.42. The van der Waals surface area contributed by atoms with E-state index >= 15 is 0 Å². The maximum absolute atomic E-state index is 13.4. The summed E-state index contributed by atoms with van der Waals surface area (Å²) in [6.07, 6.45) is -0.876. The summed E-state index contributed by atoms with van der Waals surface area (Å²) >= 11 is 4.72. The molecule has 2 heterocycles. The van der Waals surface area contributed by atoms with Crippen LogP contribution in [0.5, 0.6) is 23.0 Å². The van der Waals surface area contributed by atoms with Crippen molar-refractivity contribution >= 4 is 52.9 Å². The van der Waals surface area contributed by atoms with Crippen LogP contribution in [0.3, 0.4) is 0 Å². The molecule has 0 saturated carbocycles. The van der Waals surface area contributed by atoms with Crippen molar-refractivity contribution in [2.75, 3.05) is 40.6 Å². The first-order valence-electron chi connectivity index (χ1n) is 15.3. The highest BCUT2D eigenvalue weighted by atomic mass is 32.1. The molecule has 50 heavy (non-hydrogen) atoms. The van der Waals surface area contributed by atoms with Gasteiger partial charge in [0.1, 0.15) is 36.2 Å². The van der Waals surface area contributed by atoms with Crippen LogP contribution in [-0.2, 0) is 48.5 Å². The molecule has 0 aromatic heterocycles. The van der Waals surface area contributed by atoms with Gasteiger partial charge in [0.2, 0.25) is 0 Å². The van der Waals surface area contributed by atoms with E-state index in [1.54, 1.807) is 24.3 Å². The minimum atomic E-state index is -1.52. The van der Waals surface area contributed by atoms with Gasteiger partial charge in [0.25, 0.3) is 0 Å². The van der Waals surface area contributed by atoms with Crippen molar-refractivity contribution < 1.29 is 61.9 Å². The predicted octanol–water partition coefficient (Wildman–Crippen LogP) is 4.74. The highest BCUT2D eigenvalue weighted by molar-refractivity contribution is 7.78. The van der Waals surface area contributed by atoms with Crippen molar-refractivity contribution in [3.8, 4) is 23.0 Å². The van der Waals surface area contributed by atoms with Crippen molar-refractivity contribution in [2.45, 2.75) is 31.3 Å². The van der Waals surface area contributed by atoms with Gasteiger partial charge in [-0.2, -0.15) is 4.99 Å². The number of fused-ring (bicyclic) bond motifs is 6. The Kier molecular flexibility index (Phi) is 11.7. The summed E-state index contributed by atoms with van der Waals surface area (Å²) in [6, 6.07) is 14.0. The Labute approximate surface area is 291 Å². The number of hydrogen-bond donors (Lipinski definition) is 0. The molecule has 2 aliphatic heterocycles. The number of rotatable bonds is 15. The summed E-state index contributed by atoms with van der Waals surface area (Å²) in [4.78, 5) is 66.3. The normalized spacial score (nSPS) is 13.0. The molecule has 0 saturated heterocycles. The molecule has 0 aliphatic carbocycles. The fourth-order valence-electron chi connectivity index (χ4n) is 5.32. The van der Waals surface area contributed by atoms with E-state index in [0.29, 0.717) is 22.4 Å². The van der Waals surface area contributed by atoms with Gasteiger partial charge in [-0.1, -0.05) is 6.07 Å². The lowest BCUT2D eigenvalue weighted by Crippen LogP contribution is -2.33. The lowest BCUT2D eigenvalue weighted by atomic mass is 9.77. The van der Waals surface area contributed by atoms with Gasteiger partial charge in [0.05, 0.1) is 55.3 Å². The van der Waals surface area contributed by atoms with E-state index in [1.165, 1.54) is 44.6 Å². The highest BCUT2D eigenvalue weighted by Gasteiger charge is 2.53. The van der Waals surface area contributed by atoms with Crippen LogP contribution in [0.1, 0.15) is 52.7 Å². The molecule has 1 spiro atoms. The Morgan fingerprint density at radius 1 is 0.700 bits per heavy atom. The number of ether oxygens (including phenoxy) is 8. The number of thiocarbonyl (C=S) groups is 1. The van der Waals surface area contributed by atoms with Gasteiger partial charge < -0.3 is 37.9 Å². The highest BCUT2D eigenvalue weighted by Crippen LogP contribution is 2.57. The maximum Gasteiger partial charge on any atom is 0.340 e. The largest absolute Gasteiger partial charge is 0.463 e. The van der Waals surface area contributed by atoms with E-state index in [0.717, 1.165) is 0 Å². The summed E-state index contributed by atoms with van der Waals surface area (Å²) in [5, 5.41) is 2.28. The molecule has 0 bridgehead atoms. The molecule has 5 rings (SSSR count). The molecular formula is C35H31NO13S. The molecule has 2 aliphatic rings. The molecule has 0 N–H and O–H groups in total. The van der Waals surface area contributed by atoms with Gasteiger partial charge in [-0.15, -0.1) is 0 Å². The second kappa shape index (κ2) is 16.3. The predicted molar refractivity (Wildman–Crippen MR) is 175 cm³/mol. The van der Waals surface area contributed by atoms with E-state index < -0.39 is 35.4 Å². The Morgan fingerprint density at radius 2 is 1.20 bits per heavy atom. The molecular weight excluding hydrogens is 674 g/mol. The van der Waals surface area contributed by atoms with Crippen LogP contribution in [-0.4, -0.2) is 75.7 Å². The maximum atomic E-state index is 13.4. The molecule has 0 unspecified atom stereocenters. The molecule has 15 heteroatoms. The number of carbonyl (C=O) groups excluding carboxylic acids is 5. The topological polar surface area (TPSA) is 172 Å². The quantitative estimate of drug-likeness (QED) is 0.0530. The van der Waals surface area contributed by atoms with Crippen LogP contribution in [0.4, 0.5) is 5.69 Å². The summed E-state index contributed by atoms with van der Waals surface area (Å²) < 4.78 is 43.0. The summed E-state index contributed by atoms with van der Waals surface area (Å²) in [7, 11) is 2.94. The number of isothiocyanates is 1. The van der Waals surface area contributed by atoms with E-state index in [-0.39, 0.29) is 80.7 Å². The lowest BCUT2D eigenvalue weighted by Gasteiger charge is -2.36. The fourth-order valence-corrected chi connectivity index (χ4v) is 5.43. The summed E-state index contributed by atoms with van der Waals surface area (Å²) in [6.45, 7) is 0.590. The van der Waals surface area contributed by atoms with Crippen LogP contribution in [0.15, 0.2) is 59.6 Å². The van der Waals surface area contributed by atoms with Crippen LogP contribution in [0.2, 0.25) is 0 Å². The van der Waals surface area contributed by atoms with Gasteiger partial charge >= 0.3 is 29.8 Å². The van der Waals surface area contributed by atoms with E-state index in [1.807, 2.05) is 0 Å². The third kappa shape index (κ3) is 8.04. The van der Waals surface area contributed by atoms with Crippen molar-refractivity contribution in [1.82, 2.24) is 0 Å². The minimum absolute atomic E-state index is 0.0647. The van der Waals surface area contributed by atoms with Crippen LogP contribution >= 0.6 is 12.2 Å². The number of hydrogen-bond acceptors (Lipinski definition) is 15. The van der Waals surface area contributed by atoms with Gasteiger partial charge in [-0.3, -0.25) is 19.2 Å². The molecule has 14 nitrogen and oxygen atoms in total. The van der Waals surface area contributed by atoms with Gasteiger partial charge in [0, 0.05) is 43.0 Å². The third-order valence-corrected chi connectivity index (χ3v) is 7.63. The van der Waals surface area contributed by atoms with Crippen LogP contribution < -0.4 is 14.2 Å². The molecule has 0 radical (unpaired) electrons. The minimum Gasteiger partial charge on any atom is -0.463 e.